The first-order valence-corrected chi connectivity index (χ1v) is 4.35. The van der Waals surface area contributed by atoms with Gasteiger partial charge in [0, 0.05) is 18.3 Å². The number of carbonyl (C=O) groups is 1. The Balaban J connectivity index is 2.58. The predicted molar refractivity (Wildman–Crippen MR) is 50.6 cm³/mol. The standard InChI is InChI=1S/C10H15NO2/c1-7-6-11-8(2)9(7)4-5-10(12)13-3/h6,11H,4-5H2,1-3H3. The number of hydrogen-bond donors (Lipinski definition) is 1. The maximum atomic E-state index is 10.9. The second-order valence-electron chi connectivity index (χ2n) is 3.15. The number of aryl methyl sites for hydroxylation is 2. The molecule has 0 amide bonds. The van der Waals surface area contributed by atoms with Gasteiger partial charge in [-0.2, -0.15) is 0 Å². The molecular weight excluding hydrogens is 166 g/mol. The molecule has 3 nitrogen and oxygen atoms in total. The zero-order valence-corrected chi connectivity index (χ0v) is 8.31. The molecular formula is C10H15NO2. The Morgan fingerprint density at radius 2 is 2.23 bits per heavy atom. The molecule has 0 fully saturated rings. The second kappa shape index (κ2) is 4.12. The SMILES string of the molecule is COC(=O)CCc1c(C)c[nH]c1C. The topological polar surface area (TPSA) is 42.1 Å². The van der Waals surface area contributed by atoms with Gasteiger partial charge in [-0.15, -0.1) is 0 Å². The van der Waals surface area contributed by atoms with Crippen LogP contribution < -0.4 is 0 Å². The molecule has 72 valence electrons. The molecule has 0 bridgehead atoms. The summed E-state index contributed by atoms with van der Waals surface area (Å²) in [5, 5.41) is 0. The van der Waals surface area contributed by atoms with Crippen molar-refractivity contribution in [2.45, 2.75) is 26.7 Å². The van der Waals surface area contributed by atoms with Gasteiger partial charge in [-0.1, -0.05) is 0 Å². The van der Waals surface area contributed by atoms with E-state index in [-0.39, 0.29) is 5.97 Å². The normalized spacial score (nSPS) is 10.1. The van der Waals surface area contributed by atoms with Gasteiger partial charge in [0.2, 0.25) is 0 Å². The van der Waals surface area contributed by atoms with Crippen LogP contribution in [0, 0.1) is 13.8 Å². The Kier molecular flexibility index (Phi) is 3.12. The van der Waals surface area contributed by atoms with Gasteiger partial charge in [-0.3, -0.25) is 4.79 Å². The van der Waals surface area contributed by atoms with Crippen molar-refractivity contribution in [3.8, 4) is 0 Å². The highest BCUT2D eigenvalue weighted by molar-refractivity contribution is 5.69. The molecule has 1 heterocycles. The maximum absolute atomic E-state index is 10.9. The molecule has 0 radical (unpaired) electrons. The first kappa shape index (κ1) is 9.84. The van der Waals surface area contributed by atoms with Crippen molar-refractivity contribution in [1.82, 2.24) is 4.98 Å². The summed E-state index contributed by atoms with van der Waals surface area (Å²) in [6.07, 6.45) is 3.17. The van der Waals surface area contributed by atoms with Crippen LogP contribution >= 0.6 is 0 Å². The van der Waals surface area contributed by atoms with E-state index in [1.54, 1.807) is 0 Å². The van der Waals surface area contributed by atoms with Crippen molar-refractivity contribution < 1.29 is 9.53 Å². The third-order valence-corrected chi connectivity index (χ3v) is 2.24. The number of aromatic amines is 1. The van der Waals surface area contributed by atoms with Crippen molar-refractivity contribution in [2.75, 3.05) is 7.11 Å². The van der Waals surface area contributed by atoms with Crippen molar-refractivity contribution in [1.29, 1.82) is 0 Å². The zero-order chi connectivity index (χ0) is 9.84. The molecule has 0 unspecified atom stereocenters. The maximum Gasteiger partial charge on any atom is 0.305 e. The molecule has 1 aromatic heterocycles. The number of rotatable bonds is 3. The minimum Gasteiger partial charge on any atom is -0.469 e. The number of esters is 1. The van der Waals surface area contributed by atoms with Crippen LogP contribution in [0.25, 0.3) is 0 Å². The summed E-state index contributed by atoms with van der Waals surface area (Å²) in [7, 11) is 1.42. The van der Waals surface area contributed by atoms with E-state index >= 15 is 0 Å². The van der Waals surface area contributed by atoms with Crippen LogP contribution in [0.3, 0.4) is 0 Å². The number of carbonyl (C=O) groups excluding carboxylic acids is 1. The third-order valence-electron chi connectivity index (χ3n) is 2.24. The summed E-state index contributed by atoms with van der Waals surface area (Å²) in [6, 6.07) is 0. The number of ether oxygens (including phenoxy) is 1. The number of H-pyrrole nitrogens is 1. The molecule has 0 aliphatic heterocycles. The largest absolute Gasteiger partial charge is 0.469 e. The van der Waals surface area contributed by atoms with Crippen molar-refractivity contribution >= 4 is 5.97 Å². The van der Waals surface area contributed by atoms with Gasteiger partial charge in [0.15, 0.2) is 0 Å². The van der Waals surface area contributed by atoms with Gasteiger partial charge < -0.3 is 9.72 Å². The molecule has 0 aliphatic carbocycles. The number of hydrogen-bond acceptors (Lipinski definition) is 2. The van der Waals surface area contributed by atoms with E-state index in [4.69, 9.17) is 0 Å². The highest BCUT2D eigenvalue weighted by Gasteiger charge is 2.07. The molecule has 1 rings (SSSR count). The van der Waals surface area contributed by atoms with Crippen LogP contribution in [0.15, 0.2) is 6.20 Å². The zero-order valence-electron chi connectivity index (χ0n) is 8.31. The third kappa shape index (κ3) is 2.34. The van der Waals surface area contributed by atoms with Crippen LogP contribution in [0.1, 0.15) is 23.2 Å². The fraction of sp³-hybridized carbons (Fsp3) is 0.500. The minimum atomic E-state index is -0.153. The van der Waals surface area contributed by atoms with Crippen LogP contribution in [0.4, 0.5) is 0 Å². The minimum absolute atomic E-state index is 0.153. The Labute approximate surface area is 78.1 Å². The lowest BCUT2D eigenvalue weighted by Crippen LogP contribution is -2.02. The predicted octanol–water partition coefficient (Wildman–Crippen LogP) is 1.74. The molecule has 1 N–H and O–H groups in total. The Bertz CT molecular complexity index is 282. The fourth-order valence-electron chi connectivity index (χ4n) is 1.40. The first-order chi connectivity index (χ1) is 6.15. The number of methoxy groups -OCH3 is 1. The van der Waals surface area contributed by atoms with E-state index in [1.807, 2.05) is 20.0 Å². The average molecular weight is 181 g/mol. The van der Waals surface area contributed by atoms with E-state index < -0.39 is 0 Å². The smallest absolute Gasteiger partial charge is 0.305 e. The monoisotopic (exact) mass is 181 g/mol. The van der Waals surface area contributed by atoms with Crippen molar-refractivity contribution in [2.24, 2.45) is 0 Å². The lowest BCUT2D eigenvalue weighted by Gasteiger charge is -2.01. The van der Waals surface area contributed by atoms with Crippen molar-refractivity contribution in [3.63, 3.8) is 0 Å². The van der Waals surface area contributed by atoms with Crippen LogP contribution in [0.5, 0.6) is 0 Å². The molecule has 13 heavy (non-hydrogen) atoms. The van der Waals surface area contributed by atoms with Crippen molar-refractivity contribution in [3.05, 3.63) is 23.0 Å². The highest BCUT2D eigenvalue weighted by atomic mass is 16.5. The molecule has 0 saturated carbocycles. The summed E-state index contributed by atoms with van der Waals surface area (Å²) >= 11 is 0. The van der Waals surface area contributed by atoms with Gasteiger partial charge >= 0.3 is 5.97 Å². The quantitative estimate of drug-likeness (QED) is 0.722. The molecule has 1 aromatic rings. The number of aromatic nitrogens is 1. The van der Waals surface area contributed by atoms with Gasteiger partial charge in [0.05, 0.1) is 7.11 Å². The van der Waals surface area contributed by atoms with Gasteiger partial charge in [0.25, 0.3) is 0 Å². The Morgan fingerprint density at radius 3 is 2.69 bits per heavy atom. The average Bonchev–Trinajstić information content (AvgIpc) is 2.43. The van der Waals surface area contributed by atoms with E-state index in [0.717, 1.165) is 12.1 Å². The van der Waals surface area contributed by atoms with Gasteiger partial charge in [0.1, 0.15) is 0 Å². The van der Waals surface area contributed by atoms with E-state index in [2.05, 4.69) is 9.72 Å². The van der Waals surface area contributed by atoms with Crippen LogP contribution in [-0.4, -0.2) is 18.1 Å². The Morgan fingerprint density at radius 1 is 1.54 bits per heavy atom. The molecule has 0 aliphatic rings. The fourth-order valence-corrected chi connectivity index (χ4v) is 1.40. The molecule has 3 heteroatoms. The summed E-state index contributed by atoms with van der Waals surface area (Å²) in [6.45, 7) is 4.05. The molecule has 0 aromatic carbocycles. The first-order valence-electron chi connectivity index (χ1n) is 4.35. The van der Waals surface area contributed by atoms with Gasteiger partial charge in [-0.05, 0) is 31.4 Å². The number of nitrogens with one attached hydrogen (secondary N) is 1. The second-order valence-corrected chi connectivity index (χ2v) is 3.15. The lowest BCUT2D eigenvalue weighted by atomic mass is 10.1. The summed E-state index contributed by atoms with van der Waals surface area (Å²) in [5.41, 5.74) is 3.58. The summed E-state index contributed by atoms with van der Waals surface area (Å²) in [4.78, 5) is 14.0. The van der Waals surface area contributed by atoms with Crippen LogP contribution in [-0.2, 0) is 16.0 Å². The summed E-state index contributed by atoms with van der Waals surface area (Å²) < 4.78 is 4.58. The van der Waals surface area contributed by atoms with Gasteiger partial charge in [-0.25, -0.2) is 0 Å². The molecule has 0 saturated heterocycles. The van der Waals surface area contributed by atoms with E-state index in [1.165, 1.54) is 18.2 Å². The van der Waals surface area contributed by atoms with Crippen LogP contribution in [0.2, 0.25) is 0 Å². The molecule has 0 atom stereocenters. The lowest BCUT2D eigenvalue weighted by molar-refractivity contribution is -0.140. The van der Waals surface area contributed by atoms with E-state index in [9.17, 15) is 4.79 Å². The Hall–Kier alpha value is -1.25. The highest BCUT2D eigenvalue weighted by Crippen LogP contribution is 2.14. The van der Waals surface area contributed by atoms with E-state index in [0.29, 0.717) is 6.42 Å². The molecule has 0 spiro atoms. The summed E-state index contributed by atoms with van der Waals surface area (Å²) in [5.74, 6) is -0.153.